The van der Waals surface area contributed by atoms with E-state index in [4.69, 9.17) is 4.74 Å². The number of hydrogen-bond acceptors (Lipinski definition) is 4. The minimum absolute atomic E-state index is 0.00598. The molecular weight excluding hydrogens is 354 g/mol. The van der Waals surface area contributed by atoms with Gasteiger partial charge in [0.25, 0.3) is 0 Å². The zero-order chi connectivity index (χ0) is 19.2. The molecule has 0 spiro atoms. The Kier molecular flexibility index (Phi) is 6.88. The summed E-state index contributed by atoms with van der Waals surface area (Å²) >= 11 is 0. The number of hydrogen-bond donors (Lipinski definition) is 1. The second-order valence-corrected chi connectivity index (χ2v) is 7.35. The summed E-state index contributed by atoms with van der Waals surface area (Å²) in [6.45, 7) is -0.346. The Morgan fingerprint density at radius 2 is 1.96 bits per heavy atom. The molecule has 1 aliphatic carbocycles. The molecule has 0 atom stereocenters. The summed E-state index contributed by atoms with van der Waals surface area (Å²) in [5.41, 5.74) is 0.857. The van der Waals surface area contributed by atoms with Crippen LogP contribution in [-0.4, -0.2) is 43.7 Å². The molecule has 3 rings (SSSR count). The first kappa shape index (κ1) is 19.9. The van der Waals surface area contributed by atoms with Crippen LogP contribution in [0.2, 0.25) is 0 Å². The predicted molar refractivity (Wildman–Crippen MR) is 98.0 cm³/mol. The largest absolute Gasteiger partial charge is 0.493 e. The van der Waals surface area contributed by atoms with Gasteiger partial charge in [0.15, 0.2) is 11.5 Å². The minimum Gasteiger partial charge on any atom is -0.493 e. The maximum atomic E-state index is 12.8. The molecule has 1 heterocycles. The third-order valence-electron chi connectivity index (χ3n) is 5.33. The number of carbonyl (C=O) groups is 1. The topological polar surface area (TPSA) is 50.8 Å². The predicted octanol–water partition coefficient (Wildman–Crippen LogP) is 3.57. The van der Waals surface area contributed by atoms with Gasteiger partial charge in [0.05, 0.1) is 7.11 Å². The molecule has 0 unspecified atom stereocenters. The number of ether oxygens (including phenoxy) is 2. The van der Waals surface area contributed by atoms with Crippen molar-refractivity contribution in [2.45, 2.75) is 57.7 Å². The molecular formula is C20H28F2N2O3. The van der Waals surface area contributed by atoms with E-state index in [0.717, 1.165) is 50.8 Å². The molecule has 7 heteroatoms. The maximum Gasteiger partial charge on any atom is 0.387 e. The van der Waals surface area contributed by atoms with Gasteiger partial charge >= 0.3 is 6.61 Å². The van der Waals surface area contributed by atoms with Crippen molar-refractivity contribution >= 4 is 5.91 Å². The lowest BCUT2D eigenvalue weighted by Crippen LogP contribution is -2.33. The van der Waals surface area contributed by atoms with Crippen LogP contribution in [0.3, 0.4) is 0 Å². The molecule has 2 fully saturated rings. The average molecular weight is 382 g/mol. The number of halogens is 2. The highest BCUT2D eigenvalue weighted by Crippen LogP contribution is 2.33. The van der Waals surface area contributed by atoms with E-state index >= 15 is 0 Å². The van der Waals surface area contributed by atoms with E-state index in [2.05, 4.69) is 10.1 Å². The van der Waals surface area contributed by atoms with Gasteiger partial charge in [-0.25, -0.2) is 0 Å². The Morgan fingerprint density at radius 3 is 2.59 bits per heavy atom. The molecule has 27 heavy (non-hydrogen) atoms. The van der Waals surface area contributed by atoms with Crippen LogP contribution in [0, 0.1) is 5.92 Å². The van der Waals surface area contributed by atoms with Gasteiger partial charge in [-0.3, -0.25) is 4.79 Å². The van der Waals surface area contributed by atoms with Crippen LogP contribution in [0.4, 0.5) is 8.78 Å². The van der Waals surface area contributed by atoms with Crippen LogP contribution < -0.4 is 14.8 Å². The van der Waals surface area contributed by atoms with Crippen molar-refractivity contribution in [2.24, 2.45) is 5.92 Å². The van der Waals surface area contributed by atoms with Crippen molar-refractivity contribution < 1.29 is 23.0 Å². The van der Waals surface area contributed by atoms with Gasteiger partial charge in [0.2, 0.25) is 5.91 Å². The Balaban J connectivity index is 1.61. The number of benzene rings is 1. The van der Waals surface area contributed by atoms with Crippen LogP contribution in [0.1, 0.15) is 44.1 Å². The monoisotopic (exact) mass is 382 g/mol. The lowest BCUT2D eigenvalue weighted by atomic mass is 9.93. The molecule has 5 nitrogen and oxygen atoms in total. The third kappa shape index (κ3) is 5.79. The summed E-state index contributed by atoms with van der Waals surface area (Å²) in [7, 11) is 1.42. The number of rotatable bonds is 9. The fourth-order valence-electron chi connectivity index (χ4n) is 3.65. The number of carbonyl (C=O) groups excluding carboxylic acids is 1. The van der Waals surface area contributed by atoms with Crippen molar-refractivity contribution in [1.29, 1.82) is 0 Å². The van der Waals surface area contributed by atoms with E-state index in [-0.39, 0.29) is 17.4 Å². The van der Waals surface area contributed by atoms with Crippen molar-refractivity contribution in [3.05, 3.63) is 23.8 Å². The molecule has 1 saturated heterocycles. The molecule has 2 aliphatic rings. The van der Waals surface area contributed by atoms with Crippen molar-refractivity contribution in [3.8, 4) is 11.5 Å². The summed E-state index contributed by atoms with van der Waals surface area (Å²) in [4.78, 5) is 14.7. The lowest BCUT2D eigenvalue weighted by Gasteiger charge is -2.26. The molecule has 1 aromatic carbocycles. The van der Waals surface area contributed by atoms with E-state index in [1.165, 1.54) is 13.2 Å². The Labute approximate surface area is 159 Å². The molecule has 150 valence electrons. The molecule has 0 radical (unpaired) electrons. The molecule has 1 aromatic rings. The lowest BCUT2D eigenvalue weighted by molar-refractivity contribution is -0.132. The van der Waals surface area contributed by atoms with Gasteiger partial charge in [-0.15, -0.1) is 0 Å². The number of piperidine rings is 1. The Hall–Kier alpha value is -1.89. The van der Waals surface area contributed by atoms with E-state index in [1.54, 1.807) is 12.1 Å². The first-order valence-corrected chi connectivity index (χ1v) is 9.68. The van der Waals surface area contributed by atoms with Gasteiger partial charge in [-0.1, -0.05) is 6.07 Å². The normalized spacial score (nSPS) is 17.8. The fourth-order valence-corrected chi connectivity index (χ4v) is 3.65. The van der Waals surface area contributed by atoms with Crippen LogP contribution in [0.5, 0.6) is 11.5 Å². The van der Waals surface area contributed by atoms with E-state index in [9.17, 15) is 13.6 Å². The molecule has 0 bridgehead atoms. The number of methoxy groups -OCH3 is 1. The first-order chi connectivity index (χ1) is 13.1. The van der Waals surface area contributed by atoms with E-state index in [1.807, 2.05) is 4.90 Å². The number of nitrogens with zero attached hydrogens (tertiary/aromatic N) is 1. The van der Waals surface area contributed by atoms with Gasteiger partial charge < -0.3 is 19.7 Å². The second kappa shape index (κ2) is 9.35. The number of nitrogens with one attached hydrogen (secondary N) is 1. The highest BCUT2D eigenvalue weighted by molar-refractivity contribution is 5.77. The summed E-state index contributed by atoms with van der Waals surface area (Å²) in [6.07, 6.45) is 5.85. The SMILES string of the molecule is COc1cc(CN(C(=O)CCC2CCNCC2)C2CC2)ccc1OC(F)F. The zero-order valence-corrected chi connectivity index (χ0v) is 15.8. The third-order valence-corrected chi connectivity index (χ3v) is 5.33. The fraction of sp³-hybridized carbons (Fsp3) is 0.650. The highest BCUT2D eigenvalue weighted by atomic mass is 19.3. The van der Waals surface area contributed by atoms with Crippen molar-refractivity contribution in [2.75, 3.05) is 20.2 Å². The summed E-state index contributed by atoms with van der Waals surface area (Å²) in [6, 6.07) is 5.17. The summed E-state index contributed by atoms with van der Waals surface area (Å²) in [5.74, 6) is 1.07. The molecule has 1 aliphatic heterocycles. The molecule has 0 aromatic heterocycles. The van der Waals surface area contributed by atoms with Crippen LogP contribution in [-0.2, 0) is 11.3 Å². The Morgan fingerprint density at radius 1 is 1.22 bits per heavy atom. The molecule has 1 N–H and O–H groups in total. The van der Waals surface area contributed by atoms with Crippen LogP contribution in [0.25, 0.3) is 0 Å². The summed E-state index contributed by atoms with van der Waals surface area (Å²) in [5, 5.41) is 3.35. The van der Waals surface area contributed by atoms with Crippen LogP contribution in [0.15, 0.2) is 18.2 Å². The van der Waals surface area contributed by atoms with Gasteiger partial charge in [0.1, 0.15) is 0 Å². The van der Waals surface area contributed by atoms with Gasteiger partial charge in [-0.05, 0) is 68.8 Å². The smallest absolute Gasteiger partial charge is 0.387 e. The van der Waals surface area contributed by atoms with Gasteiger partial charge in [-0.2, -0.15) is 8.78 Å². The minimum atomic E-state index is -2.90. The quantitative estimate of drug-likeness (QED) is 0.709. The van der Waals surface area contributed by atoms with Gasteiger partial charge in [0, 0.05) is 19.0 Å². The van der Waals surface area contributed by atoms with E-state index in [0.29, 0.717) is 24.9 Å². The number of alkyl halides is 2. The second-order valence-electron chi connectivity index (χ2n) is 7.35. The van der Waals surface area contributed by atoms with Crippen molar-refractivity contribution in [3.63, 3.8) is 0 Å². The first-order valence-electron chi connectivity index (χ1n) is 9.68. The van der Waals surface area contributed by atoms with Crippen LogP contribution >= 0.6 is 0 Å². The average Bonchev–Trinajstić information content (AvgIpc) is 3.50. The standard InChI is InChI=1S/C20H28F2N2O3/c1-26-18-12-15(2-6-17(18)27-20(21)22)13-24(16-4-5-16)19(25)7-3-14-8-10-23-11-9-14/h2,6,12,14,16,20,23H,3-5,7-11,13H2,1H3. The highest BCUT2D eigenvalue weighted by Gasteiger charge is 2.32. The maximum absolute atomic E-state index is 12.8. The zero-order valence-electron chi connectivity index (χ0n) is 15.8. The van der Waals surface area contributed by atoms with Crippen molar-refractivity contribution in [1.82, 2.24) is 10.2 Å². The molecule has 1 amide bonds. The summed E-state index contributed by atoms with van der Waals surface area (Å²) < 4.78 is 34.6. The number of amides is 1. The van der Waals surface area contributed by atoms with E-state index < -0.39 is 6.61 Å². The molecule has 1 saturated carbocycles. The Bertz CT molecular complexity index is 632.